The molecule has 194 valence electrons. The molecule has 0 saturated heterocycles. The van der Waals surface area contributed by atoms with Gasteiger partial charge in [-0.15, -0.1) is 0 Å². The van der Waals surface area contributed by atoms with Crippen molar-refractivity contribution < 1.29 is 27.2 Å². The van der Waals surface area contributed by atoms with E-state index in [1.807, 2.05) is 36.4 Å². The molecule has 10 heteroatoms. The molecule has 0 saturated carbocycles. The van der Waals surface area contributed by atoms with Crippen molar-refractivity contribution >= 4 is 15.9 Å². The van der Waals surface area contributed by atoms with Gasteiger partial charge in [0.15, 0.2) is 0 Å². The Hall–Kier alpha value is -3.73. The van der Waals surface area contributed by atoms with Crippen LogP contribution in [-0.4, -0.2) is 52.7 Å². The average Bonchev–Trinajstić information content (AvgIpc) is 3.26. The molecular formula is C27H29N3O6S. The highest BCUT2D eigenvalue weighted by molar-refractivity contribution is 7.93. The maximum Gasteiger partial charge on any atom is 0.269 e. The van der Waals surface area contributed by atoms with Crippen LogP contribution in [-0.2, 0) is 19.5 Å². The fourth-order valence-electron chi connectivity index (χ4n) is 3.72. The molecule has 0 amide bonds. The third kappa shape index (κ3) is 5.66. The van der Waals surface area contributed by atoms with Gasteiger partial charge in [0, 0.05) is 29.9 Å². The van der Waals surface area contributed by atoms with Crippen LogP contribution in [0.5, 0.6) is 5.88 Å². The SMILES string of the molecule is COCCOCN(c1onc(C)c1C)S(=O)(=O)c1ccccc1-c1ccc(-c2cccc(OC)n2)cc1. The van der Waals surface area contributed by atoms with E-state index in [1.54, 1.807) is 58.4 Å². The van der Waals surface area contributed by atoms with E-state index in [4.69, 9.17) is 18.7 Å². The lowest BCUT2D eigenvalue weighted by molar-refractivity contribution is 0.0744. The van der Waals surface area contributed by atoms with E-state index < -0.39 is 10.0 Å². The molecule has 0 aliphatic carbocycles. The quantitative estimate of drug-likeness (QED) is 0.203. The van der Waals surface area contributed by atoms with Gasteiger partial charge in [0.1, 0.15) is 6.73 Å². The molecule has 0 radical (unpaired) electrons. The maximum absolute atomic E-state index is 14.0. The fraction of sp³-hybridized carbons (Fsp3) is 0.259. The van der Waals surface area contributed by atoms with Gasteiger partial charge < -0.3 is 18.7 Å². The first-order valence-electron chi connectivity index (χ1n) is 11.6. The molecule has 0 unspecified atom stereocenters. The molecule has 9 nitrogen and oxygen atoms in total. The number of nitrogens with zero attached hydrogens (tertiary/aromatic N) is 3. The summed E-state index contributed by atoms with van der Waals surface area (Å²) in [6.07, 6.45) is 0. The number of pyridine rings is 1. The zero-order chi connectivity index (χ0) is 26.4. The van der Waals surface area contributed by atoms with Gasteiger partial charge in [0.25, 0.3) is 10.0 Å². The van der Waals surface area contributed by atoms with Gasteiger partial charge in [0.2, 0.25) is 11.8 Å². The van der Waals surface area contributed by atoms with Crippen molar-refractivity contribution in [3.8, 4) is 28.3 Å². The van der Waals surface area contributed by atoms with Crippen LogP contribution in [0.3, 0.4) is 0 Å². The van der Waals surface area contributed by atoms with Gasteiger partial charge in [-0.2, -0.15) is 0 Å². The van der Waals surface area contributed by atoms with E-state index in [-0.39, 0.29) is 24.1 Å². The lowest BCUT2D eigenvalue weighted by atomic mass is 10.0. The summed E-state index contributed by atoms with van der Waals surface area (Å²) in [5.74, 6) is 0.632. The topological polar surface area (TPSA) is 104 Å². The van der Waals surface area contributed by atoms with E-state index in [0.29, 0.717) is 29.3 Å². The highest BCUT2D eigenvalue weighted by Crippen LogP contribution is 2.34. The van der Waals surface area contributed by atoms with Crippen LogP contribution >= 0.6 is 0 Å². The van der Waals surface area contributed by atoms with E-state index in [1.165, 1.54) is 0 Å². The lowest BCUT2D eigenvalue weighted by Gasteiger charge is -2.23. The summed E-state index contributed by atoms with van der Waals surface area (Å²) >= 11 is 0. The average molecular weight is 524 g/mol. The monoisotopic (exact) mass is 523 g/mol. The van der Waals surface area contributed by atoms with Crippen LogP contribution in [0.15, 0.2) is 76.1 Å². The molecule has 4 rings (SSSR count). The number of methoxy groups -OCH3 is 2. The van der Waals surface area contributed by atoms with Gasteiger partial charge >= 0.3 is 0 Å². The molecule has 4 aromatic rings. The van der Waals surface area contributed by atoms with Gasteiger partial charge in [-0.1, -0.05) is 53.7 Å². The van der Waals surface area contributed by atoms with Crippen molar-refractivity contribution in [2.45, 2.75) is 18.7 Å². The third-order valence-electron chi connectivity index (χ3n) is 5.88. The van der Waals surface area contributed by atoms with Crippen molar-refractivity contribution in [2.75, 3.05) is 38.5 Å². The number of hydrogen-bond donors (Lipinski definition) is 0. The summed E-state index contributed by atoms with van der Waals surface area (Å²) in [6.45, 7) is 3.81. The second kappa shape index (κ2) is 11.5. The van der Waals surface area contributed by atoms with Crippen LogP contribution < -0.4 is 9.04 Å². The smallest absolute Gasteiger partial charge is 0.269 e. The Labute approximate surface area is 216 Å². The number of sulfonamides is 1. The Morgan fingerprint density at radius 1 is 0.892 bits per heavy atom. The van der Waals surface area contributed by atoms with Crippen LogP contribution in [0.25, 0.3) is 22.4 Å². The largest absolute Gasteiger partial charge is 0.481 e. The molecule has 0 aliphatic rings. The first kappa shape index (κ1) is 26.3. The summed E-state index contributed by atoms with van der Waals surface area (Å²) in [7, 11) is -0.977. The Morgan fingerprint density at radius 2 is 1.62 bits per heavy atom. The van der Waals surface area contributed by atoms with Crippen LogP contribution in [0, 0.1) is 13.8 Å². The van der Waals surface area contributed by atoms with Crippen LogP contribution in [0.2, 0.25) is 0 Å². The minimum atomic E-state index is -4.10. The van der Waals surface area contributed by atoms with Crippen LogP contribution in [0.4, 0.5) is 5.88 Å². The molecule has 2 heterocycles. The first-order chi connectivity index (χ1) is 17.9. The summed E-state index contributed by atoms with van der Waals surface area (Å²) < 4.78 is 50.4. The number of benzene rings is 2. The molecule has 0 bridgehead atoms. The molecule has 0 spiro atoms. The molecule has 2 aromatic heterocycles. The normalized spacial score (nSPS) is 11.5. The van der Waals surface area contributed by atoms with Gasteiger partial charge in [0.05, 0.1) is 36.6 Å². The zero-order valence-corrected chi connectivity index (χ0v) is 22.0. The van der Waals surface area contributed by atoms with E-state index in [0.717, 1.165) is 21.1 Å². The fourth-order valence-corrected chi connectivity index (χ4v) is 5.28. The number of hydrogen-bond acceptors (Lipinski definition) is 8. The number of anilines is 1. The van der Waals surface area contributed by atoms with E-state index in [9.17, 15) is 8.42 Å². The van der Waals surface area contributed by atoms with Crippen molar-refractivity contribution in [1.29, 1.82) is 0 Å². The number of rotatable bonds is 11. The first-order valence-corrected chi connectivity index (χ1v) is 13.0. The predicted octanol–water partition coefficient (Wildman–Crippen LogP) is 4.84. The van der Waals surface area contributed by atoms with Gasteiger partial charge in [-0.05, 0) is 31.5 Å². The molecule has 37 heavy (non-hydrogen) atoms. The molecule has 0 N–H and O–H groups in total. The molecular weight excluding hydrogens is 494 g/mol. The molecule has 0 aliphatic heterocycles. The van der Waals surface area contributed by atoms with E-state index in [2.05, 4.69) is 10.1 Å². The standard InChI is InChI=1S/C27H29N3O6S/c1-19-20(2)29-36-27(19)30(18-35-17-16-33-3)37(31,32)25-10-6-5-8-23(25)21-12-14-22(15-13-21)24-9-7-11-26(28-24)34-4/h5-15H,16-18H2,1-4H3. The third-order valence-corrected chi connectivity index (χ3v) is 7.64. The number of aromatic nitrogens is 2. The highest BCUT2D eigenvalue weighted by atomic mass is 32.2. The zero-order valence-electron chi connectivity index (χ0n) is 21.2. The summed E-state index contributed by atoms with van der Waals surface area (Å²) in [5, 5.41) is 3.94. The number of aryl methyl sites for hydroxylation is 1. The molecule has 2 aromatic carbocycles. The second-order valence-electron chi connectivity index (χ2n) is 8.22. The lowest BCUT2D eigenvalue weighted by Crippen LogP contribution is -2.34. The second-order valence-corrected chi connectivity index (χ2v) is 10.1. The van der Waals surface area contributed by atoms with Crippen LogP contribution in [0.1, 0.15) is 11.3 Å². The Balaban J connectivity index is 1.72. The van der Waals surface area contributed by atoms with Gasteiger partial charge in [-0.25, -0.2) is 17.7 Å². The predicted molar refractivity (Wildman–Crippen MR) is 140 cm³/mol. The van der Waals surface area contributed by atoms with Crippen molar-refractivity contribution in [3.05, 3.63) is 78.0 Å². The van der Waals surface area contributed by atoms with Crippen molar-refractivity contribution in [1.82, 2.24) is 10.1 Å². The van der Waals surface area contributed by atoms with Crippen molar-refractivity contribution in [2.24, 2.45) is 0 Å². The summed E-state index contributed by atoms with van der Waals surface area (Å²) in [4.78, 5) is 4.58. The number of ether oxygens (including phenoxy) is 3. The Morgan fingerprint density at radius 3 is 2.30 bits per heavy atom. The summed E-state index contributed by atoms with van der Waals surface area (Å²) in [6, 6.07) is 19.9. The minimum absolute atomic E-state index is 0.115. The summed E-state index contributed by atoms with van der Waals surface area (Å²) in [5.41, 5.74) is 4.12. The minimum Gasteiger partial charge on any atom is -0.481 e. The van der Waals surface area contributed by atoms with Crippen molar-refractivity contribution in [3.63, 3.8) is 0 Å². The van der Waals surface area contributed by atoms with Gasteiger partial charge in [-0.3, -0.25) is 0 Å². The maximum atomic E-state index is 14.0. The van der Waals surface area contributed by atoms with E-state index >= 15 is 0 Å². The Bertz CT molecular complexity index is 1450. The molecule has 0 fully saturated rings. The highest BCUT2D eigenvalue weighted by Gasteiger charge is 2.32. The Kier molecular flexibility index (Phi) is 8.22. The molecule has 0 atom stereocenters.